The number of aldehydes is 1. The minimum absolute atomic E-state index is 0.0117. The molecular weight excluding hydrogens is 374 g/mol. The Morgan fingerprint density at radius 2 is 1.90 bits per heavy atom. The van der Waals surface area contributed by atoms with E-state index in [9.17, 15) is 9.59 Å². The summed E-state index contributed by atoms with van der Waals surface area (Å²) in [7, 11) is 0. The van der Waals surface area contributed by atoms with Crippen molar-refractivity contribution in [3.63, 3.8) is 0 Å². The lowest BCUT2D eigenvalue weighted by Crippen LogP contribution is -2.38. The largest absolute Gasteiger partial charge is 0.486 e. The first-order valence-corrected chi connectivity index (χ1v) is 9.07. The number of carbonyl (C=O) groups excluding carboxylic acids is 2. The molecule has 0 saturated carbocycles. The number of aliphatic imine (C=N–C) groups is 1. The van der Waals surface area contributed by atoms with Gasteiger partial charge < -0.3 is 21.9 Å². The number of nitrogens with zero attached hydrogens (tertiary/aromatic N) is 3. The molecule has 2 rings (SSSR count). The van der Waals surface area contributed by atoms with E-state index in [1.54, 1.807) is 6.92 Å². The van der Waals surface area contributed by atoms with E-state index in [0.717, 1.165) is 24.8 Å². The van der Waals surface area contributed by atoms with Gasteiger partial charge in [-0.2, -0.15) is 0 Å². The summed E-state index contributed by atoms with van der Waals surface area (Å²) in [6.45, 7) is 2.14. The molecule has 1 aromatic carbocycles. The summed E-state index contributed by atoms with van der Waals surface area (Å²) in [5, 5.41) is 2.44. The summed E-state index contributed by atoms with van der Waals surface area (Å²) in [4.78, 5) is 34.5. The number of nitrogens with one attached hydrogen (secondary N) is 1. The van der Waals surface area contributed by atoms with Crippen molar-refractivity contribution >= 4 is 29.8 Å². The number of carbonyl (C=O) groups is 2. The van der Waals surface area contributed by atoms with E-state index in [2.05, 4.69) is 20.3 Å². The van der Waals surface area contributed by atoms with Crippen molar-refractivity contribution in [1.29, 1.82) is 0 Å². The third kappa shape index (κ3) is 6.76. The van der Waals surface area contributed by atoms with Gasteiger partial charge in [0.2, 0.25) is 0 Å². The molecule has 0 aliphatic rings. The quantitative estimate of drug-likeness (QED) is 0.205. The Hall–Kier alpha value is -3.69. The number of nitrogens with two attached hydrogens (primary N) is 3. The lowest BCUT2D eigenvalue weighted by atomic mass is 10.1. The smallest absolute Gasteiger partial charge is 0.280 e. The Morgan fingerprint density at radius 3 is 2.59 bits per heavy atom. The van der Waals surface area contributed by atoms with Crippen molar-refractivity contribution in [3.8, 4) is 5.75 Å². The van der Waals surface area contributed by atoms with Crippen LogP contribution < -0.4 is 27.3 Å². The Kier molecular flexibility index (Phi) is 7.89. The average molecular weight is 399 g/mol. The fourth-order valence-electron chi connectivity index (χ4n) is 2.45. The van der Waals surface area contributed by atoms with E-state index in [1.165, 1.54) is 0 Å². The van der Waals surface area contributed by atoms with Crippen LogP contribution in [0.2, 0.25) is 0 Å². The van der Waals surface area contributed by atoms with Crippen molar-refractivity contribution in [2.45, 2.75) is 26.2 Å². The van der Waals surface area contributed by atoms with E-state index in [4.69, 9.17) is 21.9 Å². The highest BCUT2D eigenvalue weighted by molar-refractivity contribution is 6.06. The SMILES string of the molecule is Cc1nc(C(=O)NC(N)=NCCCCc2ccc(OCC=O)cc2)c(N)nc1N. The number of amides is 1. The lowest BCUT2D eigenvalue weighted by molar-refractivity contribution is -0.109. The van der Waals surface area contributed by atoms with Gasteiger partial charge in [0.1, 0.15) is 18.2 Å². The molecule has 10 heteroatoms. The van der Waals surface area contributed by atoms with Crippen LogP contribution in [0.1, 0.15) is 34.6 Å². The molecule has 0 aliphatic heterocycles. The van der Waals surface area contributed by atoms with Crippen LogP contribution in [0.5, 0.6) is 5.75 Å². The summed E-state index contributed by atoms with van der Waals surface area (Å²) in [5.41, 5.74) is 18.5. The van der Waals surface area contributed by atoms with Gasteiger partial charge in [0.25, 0.3) is 5.91 Å². The second kappa shape index (κ2) is 10.6. The molecule has 0 unspecified atom stereocenters. The van der Waals surface area contributed by atoms with Crippen LogP contribution in [0.4, 0.5) is 11.6 Å². The summed E-state index contributed by atoms with van der Waals surface area (Å²) >= 11 is 0. The molecule has 10 nitrogen and oxygen atoms in total. The number of nitrogen functional groups attached to an aromatic ring is 2. The van der Waals surface area contributed by atoms with Gasteiger partial charge in [0, 0.05) is 6.54 Å². The molecule has 0 atom stereocenters. The Labute approximate surface area is 168 Å². The summed E-state index contributed by atoms with van der Waals surface area (Å²) in [6, 6.07) is 7.58. The standard InChI is InChI=1S/C19H25N7O3/c1-12-16(20)25-17(21)15(24-12)18(28)26-19(22)23-9-3-2-4-13-5-7-14(8-6-13)29-11-10-27/h5-8,10H,2-4,9,11H2,1H3,(H4,20,21,25)(H3,22,23,26,28). The Morgan fingerprint density at radius 1 is 1.17 bits per heavy atom. The van der Waals surface area contributed by atoms with Crippen molar-refractivity contribution in [2.24, 2.45) is 10.7 Å². The van der Waals surface area contributed by atoms with Gasteiger partial charge in [-0.25, -0.2) is 9.97 Å². The first-order valence-electron chi connectivity index (χ1n) is 9.07. The molecule has 154 valence electrons. The maximum Gasteiger partial charge on any atom is 0.280 e. The zero-order valence-electron chi connectivity index (χ0n) is 16.2. The molecule has 0 saturated heterocycles. The number of aromatic nitrogens is 2. The molecule has 1 aromatic heterocycles. The average Bonchev–Trinajstić information content (AvgIpc) is 2.69. The molecule has 0 fully saturated rings. The number of hydrogen-bond donors (Lipinski definition) is 4. The number of guanidine groups is 1. The third-order valence-electron chi connectivity index (χ3n) is 3.99. The first kappa shape index (κ1) is 21.6. The molecular formula is C19H25N7O3. The molecule has 0 aliphatic carbocycles. The molecule has 0 spiro atoms. The molecule has 0 radical (unpaired) electrons. The fourth-order valence-corrected chi connectivity index (χ4v) is 2.45. The second-order valence-corrected chi connectivity index (χ2v) is 6.23. The number of anilines is 2. The van der Waals surface area contributed by atoms with Gasteiger partial charge in [-0.1, -0.05) is 12.1 Å². The van der Waals surface area contributed by atoms with Gasteiger partial charge in [0.05, 0.1) is 5.69 Å². The minimum atomic E-state index is -0.587. The van der Waals surface area contributed by atoms with E-state index < -0.39 is 5.91 Å². The minimum Gasteiger partial charge on any atom is -0.486 e. The van der Waals surface area contributed by atoms with E-state index in [1.807, 2.05) is 24.3 Å². The molecule has 0 bridgehead atoms. The van der Waals surface area contributed by atoms with Crippen molar-refractivity contribution < 1.29 is 14.3 Å². The van der Waals surface area contributed by atoms with Crippen LogP contribution in [0.3, 0.4) is 0 Å². The normalized spacial score (nSPS) is 11.1. The number of rotatable bonds is 9. The predicted octanol–water partition coefficient (Wildman–Crippen LogP) is 0.595. The zero-order valence-corrected chi connectivity index (χ0v) is 16.2. The van der Waals surface area contributed by atoms with Crippen LogP contribution in [-0.4, -0.2) is 41.3 Å². The molecule has 1 heterocycles. The molecule has 29 heavy (non-hydrogen) atoms. The lowest BCUT2D eigenvalue weighted by Gasteiger charge is -2.08. The molecule has 2 aromatic rings. The maximum absolute atomic E-state index is 12.2. The molecule has 7 N–H and O–H groups in total. The van der Waals surface area contributed by atoms with Gasteiger partial charge in [-0.3, -0.25) is 19.9 Å². The van der Waals surface area contributed by atoms with Gasteiger partial charge in [-0.15, -0.1) is 0 Å². The van der Waals surface area contributed by atoms with Crippen molar-refractivity contribution in [3.05, 3.63) is 41.2 Å². The number of ether oxygens (including phenoxy) is 1. The van der Waals surface area contributed by atoms with Gasteiger partial charge in [0.15, 0.2) is 23.8 Å². The highest BCUT2D eigenvalue weighted by Gasteiger charge is 2.15. The monoisotopic (exact) mass is 399 g/mol. The van der Waals surface area contributed by atoms with Crippen molar-refractivity contribution in [1.82, 2.24) is 15.3 Å². The van der Waals surface area contributed by atoms with E-state index in [-0.39, 0.29) is 29.9 Å². The van der Waals surface area contributed by atoms with Crippen LogP contribution in [0.25, 0.3) is 0 Å². The summed E-state index contributed by atoms with van der Waals surface area (Å²) in [5.74, 6) is 0.166. The van der Waals surface area contributed by atoms with Crippen LogP contribution >= 0.6 is 0 Å². The van der Waals surface area contributed by atoms with Crippen LogP contribution in [0.15, 0.2) is 29.3 Å². The zero-order chi connectivity index (χ0) is 21.2. The number of unbranched alkanes of at least 4 members (excludes halogenated alkanes) is 1. The second-order valence-electron chi connectivity index (χ2n) is 6.23. The number of aryl methyl sites for hydroxylation is 2. The molecule has 1 amide bonds. The maximum atomic E-state index is 12.2. The first-order chi connectivity index (χ1) is 13.9. The fraction of sp³-hybridized carbons (Fsp3) is 0.316. The Bertz CT molecular complexity index is 882. The highest BCUT2D eigenvalue weighted by atomic mass is 16.5. The van der Waals surface area contributed by atoms with E-state index >= 15 is 0 Å². The number of benzene rings is 1. The number of hydrogen-bond acceptors (Lipinski definition) is 8. The van der Waals surface area contributed by atoms with Crippen molar-refractivity contribution in [2.75, 3.05) is 24.6 Å². The van der Waals surface area contributed by atoms with Crippen LogP contribution in [0, 0.1) is 6.92 Å². The topological polar surface area (TPSA) is 172 Å². The van der Waals surface area contributed by atoms with Gasteiger partial charge in [-0.05, 0) is 43.9 Å². The summed E-state index contributed by atoms with van der Waals surface area (Å²) in [6.07, 6.45) is 3.27. The predicted molar refractivity (Wildman–Crippen MR) is 110 cm³/mol. The third-order valence-corrected chi connectivity index (χ3v) is 3.99. The summed E-state index contributed by atoms with van der Waals surface area (Å²) < 4.78 is 5.21. The van der Waals surface area contributed by atoms with Crippen LogP contribution in [-0.2, 0) is 11.2 Å². The van der Waals surface area contributed by atoms with E-state index in [0.29, 0.717) is 24.3 Å². The Balaban J connectivity index is 1.75. The van der Waals surface area contributed by atoms with Gasteiger partial charge >= 0.3 is 0 Å². The highest BCUT2D eigenvalue weighted by Crippen LogP contribution is 2.14.